The van der Waals surface area contributed by atoms with Gasteiger partial charge in [-0.15, -0.1) is 0 Å². The van der Waals surface area contributed by atoms with Crippen molar-refractivity contribution in [2.45, 2.75) is 66.0 Å². The van der Waals surface area contributed by atoms with Gasteiger partial charge >= 0.3 is 0 Å². The quantitative estimate of drug-likeness (QED) is 0.585. The predicted octanol–water partition coefficient (Wildman–Crippen LogP) is 2.01. The molecule has 1 aliphatic heterocycles. The minimum absolute atomic E-state index is 0.310. The van der Waals surface area contributed by atoms with Crippen molar-refractivity contribution in [2.24, 2.45) is 12.0 Å². The molecule has 0 saturated carbocycles. The molecule has 2 heterocycles. The van der Waals surface area contributed by atoms with E-state index in [-0.39, 0.29) is 0 Å². The molecule has 1 aromatic heterocycles. The molecule has 2 N–H and O–H groups in total. The van der Waals surface area contributed by atoms with Crippen molar-refractivity contribution >= 4 is 5.96 Å². The van der Waals surface area contributed by atoms with Gasteiger partial charge in [-0.05, 0) is 65.6 Å². The molecule has 0 aromatic carbocycles. The Morgan fingerprint density at radius 2 is 2.12 bits per heavy atom. The van der Waals surface area contributed by atoms with Gasteiger partial charge in [-0.3, -0.25) is 14.6 Å². The van der Waals surface area contributed by atoms with E-state index in [0.717, 1.165) is 37.7 Å². The fraction of sp³-hybridized carbons (Fsp3) is 0.789. The Kier molecular flexibility index (Phi) is 7.29. The smallest absolute Gasteiger partial charge is 0.191 e. The molecule has 25 heavy (non-hydrogen) atoms. The van der Waals surface area contributed by atoms with Crippen LogP contribution >= 0.6 is 0 Å². The maximum atomic E-state index is 4.86. The van der Waals surface area contributed by atoms with E-state index >= 15 is 0 Å². The van der Waals surface area contributed by atoms with Crippen LogP contribution in [-0.4, -0.2) is 58.9 Å². The summed E-state index contributed by atoms with van der Waals surface area (Å²) in [6, 6.07) is 0.906. The number of hydrogen-bond acceptors (Lipinski definition) is 3. The Morgan fingerprint density at radius 3 is 2.72 bits per heavy atom. The van der Waals surface area contributed by atoms with Crippen LogP contribution in [0.4, 0.5) is 0 Å². The van der Waals surface area contributed by atoms with Crippen molar-refractivity contribution in [2.75, 3.05) is 26.2 Å². The first kappa shape index (κ1) is 19.8. The summed E-state index contributed by atoms with van der Waals surface area (Å²) < 4.78 is 1.97. The van der Waals surface area contributed by atoms with Crippen LogP contribution in [0.5, 0.6) is 0 Å². The molecule has 6 heteroatoms. The van der Waals surface area contributed by atoms with E-state index in [1.165, 1.54) is 30.6 Å². The summed E-state index contributed by atoms with van der Waals surface area (Å²) in [5.74, 6) is 0.928. The van der Waals surface area contributed by atoms with Crippen molar-refractivity contribution < 1.29 is 0 Å². The van der Waals surface area contributed by atoms with E-state index < -0.39 is 0 Å². The number of aryl methyl sites for hydroxylation is 2. The van der Waals surface area contributed by atoms with Gasteiger partial charge in [-0.25, -0.2) is 0 Å². The number of nitrogens with zero attached hydrogens (tertiary/aromatic N) is 4. The van der Waals surface area contributed by atoms with E-state index in [2.05, 4.69) is 55.3 Å². The van der Waals surface area contributed by atoms with Gasteiger partial charge in [0.25, 0.3) is 0 Å². The van der Waals surface area contributed by atoms with Gasteiger partial charge in [-0.1, -0.05) is 6.92 Å². The number of aromatic nitrogens is 2. The van der Waals surface area contributed by atoms with Crippen molar-refractivity contribution in [3.8, 4) is 0 Å². The molecule has 0 spiro atoms. The number of nitrogens with one attached hydrogen (secondary N) is 2. The maximum absolute atomic E-state index is 4.86. The van der Waals surface area contributed by atoms with E-state index in [0.29, 0.717) is 12.1 Å². The standard InChI is InChI=1S/C19H36N6/c1-7-20-19(21-13-17-10-9-11-25(17)8-2)22-14(3)12-18-15(4)23-24(6)16(18)5/h14,17H,7-13H2,1-6H3,(H2,20,21,22). The zero-order valence-electron chi connectivity index (χ0n) is 16.9. The van der Waals surface area contributed by atoms with Crippen LogP contribution < -0.4 is 10.6 Å². The Balaban J connectivity index is 1.96. The van der Waals surface area contributed by atoms with Gasteiger partial charge in [0.2, 0.25) is 0 Å². The largest absolute Gasteiger partial charge is 0.357 e. The molecule has 0 amide bonds. The summed E-state index contributed by atoms with van der Waals surface area (Å²) in [5.41, 5.74) is 3.71. The van der Waals surface area contributed by atoms with Gasteiger partial charge in [-0.2, -0.15) is 5.10 Å². The topological polar surface area (TPSA) is 57.5 Å². The third-order valence-corrected chi connectivity index (χ3v) is 5.26. The number of guanidine groups is 1. The van der Waals surface area contributed by atoms with Crippen LogP contribution in [-0.2, 0) is 13.5 Å². The van der Waals surface area contributed by atoms with Gasteiger partial charge < -0.3 is 10.6 Å². The summed E-state index contributed by atoms with van der Waals surface area (Å²) in [7, 11) is 2.01. The van der Waals surface area contributed by atoms with Crippen molar-refractivity contribution in [1.29, 1.82) is 0 Å². The molecule has 0 bridgehead atoms. The molecule has 0 radical (unpaired) electrons. The third kappa shape index (κ3) is 5.21. The van der Waals surface area contributed by atoms with Crippen molar-refractivity contribution in [3.63, 3.8) is 0 Å². The molecule has 1 aromatic rings. The second-order valence-electron chi connectivity index (χ2n) is 7.17. The first-order valence-corrected chi connectivity index (χ1v) is 9.74. The Bertz CT molecular complexity index is 577. The van der Waals surface area contributed by atoms with Crippen LogP contribution in [0.25, 0.3) is 0 Å². The zero-order chi connectivity index (χ0) is 18.4. The van der Waals surface area contributed by atoms with Crippen LogP contribution in [0.1, 0.15) is 50.6 Å². The highest BCUT2D eigenvalue weighted by atomic mass is 15.3. The Hall–Kier alpha value is -1.56. The molecule has 142 valence electrons. The second kappa shape index (κ2) is 9.22. The molecule has 6 nitrogen and oxygen atoms in total. The molecule has 0 aliphatic carbocycles. The molecule has 2 rings (SSSR count). The lowest BCUT2D eigenvalue weighted by Gasteiger charge is -2.22. The molecular formula is C19H36N6. The summed E-state index contributed by atoms with van der Waals surface area (Å²) in [4.78, 5) is 7.40. The Morgan fingerprint density at radius 1 is 1.36 bits per heavy atom. The first-order valence-electron chi connectivity index (χ1n) is 9.74. The molecule has 2 unspecified atom stereocenters. The van der Waals surface area contributed by atoms with Gasteiger partial charge in [0, 0.05) is 31.4 Å². The number of hydrogen-bond donors (Lipinski definition) is 2. The number of rotatable bonds is 7. The Labute approximate surface area is 153 Å². The molecule has 1 aliphatic rings. The predicted molar refractivity (Wildman–Crippen MR) is 105 cm³/mol. The van der Waals surface area contributed by atoms with E-state index in [1.54, 1.807) is 0 Å². The molecular weight excluding hydrogens is 312 g/mol. The van der Waals surface area contributed by atoms with Crippen LogP contribution in [0.15, 0.2) is 4.99 Å². The van der Waals surface area contributed by atoms with Crippen LogP contribution in [0.3, 0.4) is 0 Å². The molecule has 2 atom stereocenters. The fourth-order valence-corrected chi connectivity index (χ4v) is 3.74. The highest BCUT2D eigenvalue weighted by molar-refractivity contribution is 5.80. The van der Waals surface area contributed by atoms with E-state index in [4.69, 9.17) is 4.99 Å². The fourth-order valence-electron chi connectivity index (χ4n) is 3.74. The average molecular weight is 349 g/mol. The lowest BCUT2D eigenvalue weighted by Crippen LogP contribution is -2.44. The number of likely N-dealkylation sites (tertiary alicyclic amines) is 1. The summed E-state index contributed by atoms with van der Waals surface area (Å²) in [6.07, 6.45) is 3.52. The van der Waals surface area contributed by atoms with Crippen LogP contribution in [0, 0.1) is 13.8 Å². The summed E-state index contributed by atoms with van der Waals surface area (Å²) in [5, 5.41) is 11.5. The average Bonchev–Trinajstić information content (AvgIpc) is 3.12. The molecule has 1 fully saturated rings. The number of likely N-dealkylation sites (N-methyl/N-ethyl adjacent to an activating group) is 1. The van der Waals surface area contributed by atoms with Crippen molar-refractivity contribution in [1.82, 2.24) is 25.3 Å². The molecule has 1 saturated heterocycles. The first-order chi connectivity index (χ1) is 12.0. The van der Waals surface area contributed by atoms with Crippen LogP contribution in [0.2, 0.25) is 0 Å². The van der Waals surface area contributed by atoms with E-state index in [9.17, 15) is 0 Å². The minimum Gasteiger partial charge on any atom is -0.357 e. The van der Waals surface area contributed by atoms with E-state index in [1.807, 2.05) is 11.7 Å². The normalized spacial score (nSPS) is 20.1. The highest BCUT2D eigenvalue weighted by Gasteiger charge is 2.22. The van der Waals surface area contributed by atoms with Crippen molar-refractivity contribution in [3.05, 3.63) is 17.0 Å². The second-order valence-corrected chi connectivity index (χ2v) is 7.17. The zero-order valence-corrected chi connectivity index (χ0v) is 16.9. The SMILES string of the molecule is CCNC(=NCC1CCCN1CC)NC(C)Cc1c(C)nn(C)c1C. The maximum Gasteiger partial charge on any atom is 0.191 e. The number of aliphatic imine (C=N–C) groups is 1. The summed E-state index contributed by atoms with van der Waals surface area (Å²) in [6.45, 7) is 14.9. The lowest BCUT2D eigenvalue weighted by molar-refractivity contribution is 0.273. The summed E-state index contributed by atoms with van der Waals surface area (Å²) >= 11 is 0. The van der Waals surface area contributed by atoms with Gasteiger partial charge in [0.05, 0.1) is 12.2 Å². The van der Waals surface area contributed by atoms with Gasteiger partial charge in [0.15, 0.2) is 5.96 Å². The minimum atomic E-state index is 0.310. The third-order valence-electron chi connectivity index (χ3n) is 5.26. The van der Waals surface area contributed by atoms with Gasteiger partial charge in [0.1, 0.15) is 0 Å². The lowest BCUT2D eigenvalue weighted by atomic mass is 10.1. The highest BCUT2D eigenvalue weighted by Crippen LogP contribution is 2.17. The monoisotopic (exact) mass is 348 g/mol.